The number of ether oxygens (including phenoxy) is 1. The third kappa shape index (κ3) is 4.28. The number of hydrogen-bond acceptors (Lipinski definition) is 3. The van der Waals surface area contributed by atoms with Crippen LogP contribution in [0, 0.1) is 18.6 Å². The Labute approximate surface area is 99.4 Å². The van der Waals surface area contributed by atoms with Gasteiger partial charge in [-0.3, -0.25) is 0 Å². The molecule has 0 saturated heterocycles. The second-order valence-electron chi connectivity index (χ2n) is 3.78. The molecule has 3 nitrogen and oxygen atoms in total. The molecule has 0 radical (unpaired) electrons. The van der Waals surface area contributed by atoms with Gasteiger partial charge >= 0.3 is 0 Å². The van der Waals surface area contributed by atoms with Crippen molar-refractivity contribution in [2.24, 2.45) is 0 Å². The lowest BCUT2D eigenvalue weighted by Gasteiger charge is -2.13. The van der Waals surface area contributed by atoms with E-state index >= 15 is 0 Å². The van der Waals surface area contributed by atoms with Gasteiger partial charge in [0, 0.05) is 19.2 Å². The van der Waals surface area contributed by atoms with Crippen LogP contribution in [0.15, 0.2) is 12.1 Å². The van der Waals surface area contributed by atoms with Crippen LogP contribution in [-0.2, 0) is 4.74 Å². The molecule has 0 bridgehead atoms. The predicted molar refractivity (Wildman–Crippen MR) is 62.1 cm³/mol. The van der Waals surface area contributed by atoms with Gasteiger partial charge in [-0.05, 0) is 25.5 Å². The van der Waals surface area contributed by atoms with Crippen molar-refractivity contribution in [2.75, 3.05) is 25.1 Å². The zero-order chi connectivity index (χ0) is 12.8. The van der Waals surface area contributed by atoms with Gasteiger partial charge in [-0.2, -0.15) is 0 Å². The van der Waals surface area contributed by atoms with E-state index in [0.717, 1.165) is 12.1 Å². The number of halogens is 2. The molecule has 0 spiro atoms. The summed E-state index contributed by atoms with van der Waals surface area (Å²) in [6.45, 7) is 4.09. The summed E-state index contributed by atoms with van der Waals surface area (Å²) in [4.78, 5) is 0. The monoisotopic (exact) mass is 245 g/mol. The van der Waals surface area contributed by atoms with Gasteiger partial charge in [0.05, 0.1) is 18.4 Å². The Morgan fingerprint density at radius 1 is 1.35 bits per heavy atom. The molecule has 0 saturated carbocycles. The van der Waals surface area contributed by atoms with Crippen LogP contribution in [0.3, 0.4) is 0 Å². The number of nitrogens with one attached hydrogen (secondary N) is 1. The van der Waals surface area contributed by atoms with E-state index in [0.29, 0.717) is 6.61 Å². The molecule has 1 atom stereocenters. The minimum atomic E-state index is -0.751. The molecule has 17 heavy (non-hydrogen) atoms. The second kappa shape index (κ2) is 6.51. The SMILES string of the molecule is CCOCC(O)CNc1cc(F)c(C)cc1F. The smallest absolute Gasteiger partial charge is 0.146 e. The van der Waals surface area contributed by atoms with Gasteiger partial charge in [0.25, 0.3) is 0 Å². The van der Waals surface area contributed by atoms with Gasteiger partial charge in [0.1, 0.15) is 11.6 Å². The highest BCUT2D eigenvalue weighted by Gasteiger charge is 2.09. The van der Waals surface area contributed by atoms with Gasteiger partial charge in [0.15, 0.2) is 0 Å². The second-order valence-corrected chi connectivity index (χ2v) is 3.78. The van der Waals surface area contributed by atoms with Gasteiger partial charge in [-0.25, -0.2) is 8.78 Å². The maximum atomic E-state index is 13.4. The fraction of sp³-hybridized carbons (Fsp3) is 0.500. The standard InChI is InChI=1S/C12H17F2NO2/c1-3-17-7-9(16)6-15-12-5-10(13)8(2)4-11(12)14/h4-5,9,15-16H,3,6-7H2,1-2H3. The van der Waals surface area contributed by atoms with Crippen LogP contribution in [0.1, 0.15) is 12.5 Å². The summed E-state index contributed by atoms with van der Waals surface area (Å²) in [7, 11) is 0. The van der Waals surface area contributed by atoms with Crippen molar-refractivity contribution < 1.29 is 18.6 Å². The largest absolute Gasteiger partial charge is 0.389 e. The Balaban J connectivity index is 2.54. The van der Waals surface area contributed by atoms with Crippen LogP contribution in [0.5, 0.6) is 0 Å². The molecule has 0 aliphatic carbocycles. The lowest BCUT2D eigenvalue weighted by molar-refractivity contribution is 0.0495. The van der Waals surface area contributed by atoms with Gasteiger partial charge in [-0.15, -0.1) is 0 Å². The molecule has 0 heterocycles. The van der Waals surface area contributed by atoms with E-state index in [9.17, 15) is 13.9 Å². The quantitative estimate of drug-likeness (QED) is 0.806. The molecule has 1 aromatic carbocycles. The van der Waals surface area contributed by atoms with Gasteiger partial charge < -0.3 is 15.2 Å². The van der Waals surface area contributed by atoms with Crippen LogP contribution < -0.4 is 5.32 Å². The zero-order valence-corrected chi connectivity index (χ0v) is 9.96. The number of aliphatic hydroxyl groups excluding tert-OH is 1. The topological polar surface area (TPSA) is 41.5 Å². The minimum absolute atomic E-state index is 0.0450. The van der Waals surface area contributed by atoms with Crippen LogP contribution in [0.25, 0.3) is 0 Å². The Bertz CT molecular complexity index is 372. The molecule has 0 fully saturated rings. The number of aryl methyl sites for hydroxylation is 1. The predicted octanol–water partition coefficient (Wildman–Crippen LogP) is 2.08. The molecule has 0 aromatic heterocycles. The molecule has 0 amide bonds. The summed E-state index contributed by atoms with van der Waals surface area (Å²) < 4.78 is 31.6. The number of anilines is 1. The molecular formula is C12H17F2NO2. The summed E-state index contributed by atoms with van der Waals surface area (Å²) >= 11 is 0. The molecular weight excluding hydrogens is 228 g/mol. The Hall–Kier alpha value is -1.20. The number of hydrogen-bond donors (Lipinski definition) is 2. The van der Waals surface area contributed by atoms with E-state index in [4.69, 9.17) is 4.74 Å². The lowest BCUT2D eigenvalue weighted by atomic mass is 10.2. The van der Waals surface area contributed by atoms with E-state index in [1.165, 1.54) is 6.92 Å². The van der Waals surface area contributed by atoms with Crippen LogP contribution in [0.2, 0.25) is 0 Å². The highest BCUT2D eigenvalue weighted by molar-refractivity contribution is 5.46. The van der Waals surface area contributed by atoms with Crippen molar-refractivity contribution in [3.8, 4) is 0 Å². The lowest BCUT2D eigenvalue weighted by Crippen LogP contribution is -2.25. The first kappa shape index (κ1) is 13.9. The average Bonchev–Trinajstić information content (AvgIpc) is 2.29. The van der Waals surface area contributed by atoms with Crippen molar-refractivity contribution in [2.45, 2.75) is 20.0 Å². The van der Waals surface area contributed by atoms with Crippen LogP contribution >= 0.6 is 0 Å². The Kier molecular flexibility index (Phi) is 5.31. The highest BCUT2D eigenvalue weighted by Crippen LogP contribution is 2.18. The van der Waals surface area contributed by atoms with E-state index in [2.05, 4.69) is 5.32 Å². The normalized spacial score (nSPS) is 12.5. The summed E-state index contributed by atoms with van der Waals surface area (Å²) in [6.07, 6.45) is -0.751. The van der Waals surface area contributed by atoms with Crippen molar-refractivity contribution in [3.63, 3.8) is 0 Å². The first-order chi connectivity index (χ1) is 8.04. The van der Waals surface area contributed by atoms with Crippen molar-refractivity contribution in [1.29, 1.82) is 0 Å². The summed E-state index contributed by atoms with van der Waals surface area (Å²) in [5.41, 5.74) is 0.298. The summed E-state index contributed by atoms with van der Waals surface area (Å²) in [6, 6.07) is 2.20. The average molecular weight is 245 g/mol. The molecule has 1 rings (SSSR count). The maximum absolute atomic E-state index is 13.4. The first-order valence-corrected chi connectivity index (χ1v) is 5.50. The fourth-order valence-corrected chi connectivity index (χ4v) is 1.32. The van der Waals surface area contributed by atoms with Crippen LogP contribution in [0.4, 0.5) is 14.5 Å². The number of aliphatic hydroxyl groups is 1. The molecule has 1 unspecified atom stereocenters. The zero-order valence-electron chi connectivity index (χ0n) is 9.96. The van der Waals surface area contributed by atoms with Gasteiger partial charge in [-0.1, -0.05) is 0 Å². The minimum Gasteiger partial charge on any atom is -0.389 e. The van der Waals surface area contributed by atoms with Crippen molar-refractivity contribution >= 4 is 5.69 Å². The van der Waals surface area contributed by atoms with Crippen molar-refractivity contribution in [3.05, 3.63) is 29.3 Å². The van der Waals surface area contributed by atoms with Crippen molar-refractivity contribution in [1.82, 2.24) is 0 Å². The Morgan fingerprint density at radius 3 is 2.71 bits per heavy atom. The van der Waals surface area contributed by atoms with E-state index in [-0.39, 0.29) is 24.4 Å². The molecule has 0 aliphatic rings. The molecule has 0 aliphatic heterocycles. The summed E-state index contributed by atoms with van der Waals surface area (Å²) in [5, 5.41) is 12.1. The molecule has 96 valence electrons. The number of benzene rings is 1. The summed E-state index contributed by atoms with van der Waals surface area (Å²) in [5.74, 6) is -1.01. The first-order valence-electron chi connectivity index (χ1n) is 5.50. The molecule has 2 N–H and O–H groups in total. The third-order valence-corrected chi connectivity index (χ3v) is 2.29. The highest BCUT2D eigenvalue weighted by atomic mass is 19.1. The van der Waals surface area contributed by atoms with Crippen LogP contribution in [-0.4, -0.2) is 31.0 Å². The van der Waals surface area contributed by atoms with E-state index in [1.807, 2.05) is 6.92 Å². The number of rotatable bonds is 6. The fourth-order valence-electron chi connectivity index (χ4n) is 1.32. The van der Waals surface area contributed by atoms with E-state index < -0.39 is 17.7 Å². The molecule has 5 heteroatoms. The molecule has 1 aromatic rings. The maximum Gasteiger partial charge on any atom is 0.146 e. The van der Waals surface area contributed by atoms with Gasteiger partial charge in [0.2, 0.25) is 0 Å². The third-order valence-electron chi connectivity index (χ3n) is 2.29. The van der Waals surface area contributed by atoms with E-state index in [1.54, 1.807) is 0 Å². The Morgan fingerprint density at radius 2 is 2.06 bits per heavy atom.